The van der Waals surface area contributed by atoms with Crippen molar-refractivity contribution in [2.45, 2.75) is 60.7 Å². The van der Waals surface area contributed by atoms with E-state index in [2.05, 4.69) is 12.2 Å². The summed E-state index contributed by atoms with van der Waals surface area (Å²) in [5.74, 6) is -52.0. The molecule has 0 aliphatic carbocycles. The Bertz CT molecular complexity index is 1190. The monoisotopic (exact) mass is 678 g/mol. The Morgan fingerprint density at radius 3 is 1.38 bits per heavy atom. The summed E-state index contributed by atoms with van der Waals surface area (Å²) in [4.78, 5) is 0. The average molecular weight is 678 g/mol. The van der Waals surface area contributed by atoms with Gasteiger partial charge in [-0.05, 0) is 18.6 Å². The number of alkyl halides is 17. The van der Waals surface area contributed by atoms with Gasteiger partial charge in [0.2, 0.25) is 0 Å². The maximum absolute atomic E-state index is 14.3. The molecule has 0 atom stereocenters. The predicted octanol–water partition coefficient (Wildman–Crippen LogP) is 2.88. The van der Waals surface area contributed by atoms with Crippen molar-refractivity contribution >= 4 is 22.3 Å². The number of aromatic nitrogens is 2. The van der Waals surface area contributed by atoms with E-state index >= 15 is 0 Å². The summed E-state index contributed by atoms with van der Waals surface area (Å²) < 4.78 is 255. The first-order chi connectivity index (χ1) is 16.4. The first kappa shape index (κ1) is 38.8. The van der Waals surface area contributed by atoms with Gasteiger partial charge in [0, 0.05) is 24.7 Å². The fraction of sp³-hybridized carbons (Fsp3) is 0.786. The smallest absolute Gasteiger partial charge is 0.748 e. The molecule has 25 heteroatoms. The molecule has 0 aliphatic heterocycles. The zero-order chi connectivity index (χ0) is 30.8. The van der Waals surface area contributed by atoms with E-state index in [0.717, 1.165) is 0 Å². The van der Waals surface area contributed by atoms with Crippen LogP contribution in [0.15, 0.2) is 12.4 Å². The molecule has 0 unspecified atom stereocenters. The van der Waals surface area contributed by atoms with Crippen LogP contribution in [0.5, 0.6) is 0 Å². The van der Waals surface area contributed by atoms with Crippen molar-refractivity contribution in [3.63, 3.8) is 0 Å². The topological polar surface area (TPSA) is 67.1 Å². The first-order valence-electron chi connectivity index (χ1n) is 8.79. The van der Waals surface area contributed by atoms with Gasteiger partial charge >= 0.3 is 99.1 Å². The number of hydrogen-bond acceptors (Lipinski definition) is 4. The van der Waals surface area contributed by atoms with Gasteiger partial charge in [0.25, 0.3) is 0 Å². The van der Waals surface area contributed by atoms with Crippen LogP contribution >= 0.6 is 12.2 Å². The van der Waals surface area contributed by atoms with E-state index < -0.39 is 92.1 Å². The van der Waals surface area contributed by atoms with Crippen molar-refractivity contribution in [2.24, 2.45) is 0 Å². The third-order valence-electron chi connectivity index (χ3n) is 4.65. The second-order valence-corrected chi connectivity index (χ2v) is 9.13. The normalized spacial score (nSPS) is 15.3. The van der Waals surface area contributed by atoms with Gasteiger partial charge in [-0.1, -0.05) is 0 Å². The molecule has 224 valence electrons. The van der Waals surface area contributed by atoms with E-state index in [1.165, 1.54) is 0 Å². The van der Waals surface area contributed by atoms with Gasteiger partial charge in [-0.15, -0.1) is 0 Å². The molecule has 0 saturated heterocycles. The van der Waals surface area contributed by atoms with E-state index in [1.54, 1.807) is 0 Å². The Hall–Kier alpha value is -0.214. The maximum Gasteiger partial charge on any atom is 1.00 e. The Morgan fingerprint density at radius 2 is 1.03 bits per heavy atom. The summed E-state index contributed by atoms with van der Waals surface area (Å²) in [6.07, 6.45) is -8.87. The van der Waals surface area contributed by atoms with Crippen LogP contribution in [-0.2, 0) is 22.7 Å². The summed E-state index contributed by atoms with van der Waals surface area (Å²) in [5, 5.41) is 0. The zero-order valence-corrected chi connectivity index (χ0v) is 22.9. The van der Waals surface area contributed by atoms with Crippen LogP contribution in [0.4, 0.5) is 74.6 Å². The van der Waals surface area contributed by atoms with Gasteiger partial charge in [-0.3, -0.25) is 4.57 Å². The quantitative estimate of drug-likeness (QED) is 0.157. The number of halogens is 17. The third kappa shape index (κ3) is 6.14. The molecule has 0 N–H and O–H groups in total. The Balaban J connectivity index is 0.0000144. The molecule has 0 fully saturated rings. The van der Waals surface area contributed by atoms with Crippen molar-refractivity contribution < 1.29 is 139 Å². The third-order valence-corrected chi connectivity index (χ3v) is 5.87. The molecule has 0 saturated carbocycles. The number of imidazole rings is 1. The molecule has 0 bridgehead atoms. The van der Waals surface area contributed by atoms with Gasteiger partial charge in [0.1, 0.15) is 0 Å². The molecular weight excluding hydrogens is 670 g/mol. The van der Waals surface area contributed by atoms with Crippen LogP contribution in [0.1, 0.15) is 6.42 Å². The van der Waals surface area contributed by atoms with E-state index in [-0.39, 0.29) is 62.1 Å². The minimum Gasteiger partial charge on any atom is -0.748 e. The van der Waals surface area contributed by atoms with Crippen LogP contribution < -0.4 is 51.4 Å². The van der Waals surface area contributed by atoms with Crippen LogP contribution in [0.25, 0.3) is 0 Å². The van der Waals surface area contributed by atoms with E-state index in [4.69, 9.17) is 0 Å². The molecule has 1 heterocycles. The predicted molar refractivity (Wildman–Crippen MR) is 88.4 cm³/mol. The maximum atomic E-state index is 14.3. The average Bonchev–Trinajstić information content (AvgIpc) is 3.06. The SMILES string of the molecule is O=S(=O)([O-])CCCn1ccn(C(F)(F)C(F)(F)C(F)(F)C(F)(F)C(F)(F)C(F)(F)C(F)(F)C(F)(F)F)c1=S.[K+]. The molecule has 0 spiro atoms. The van der Waals surface area contributed by atoms with Gasteiger partial charge < -0.3 is 9.12 Å². The number of hydrogen-bond donors (Lipinski definition) is 0. The molecule has 1 rings (SSSR count). The fourth-order valence-electron chi connectivity index (χ4n) is 2.52. The molecule has 0 amide bonds. The standard InChI is InChI=1S/C14H9F17N2O3S2.K/c15-7(16,9(19,20)11(23,24)13(27,28)29)8(17,18)10(21,22)12(25,26)14(30,31)33-4-3-32(6(33)37)2-1-5-38(34,35)36;/h3-4H,1-2,5H2,(H,34,35,36);/q;+1/p-1. The van der Waals surface area contributed by atoms with Gasteiger partial charge in [0.15, 0.2) is 4.77 Å². The summed E-state index contributed by atoms with van der Waals surface area (Å²) in [7, 11) is -4.94. The van der Waals surface area contributed by atoms with Crippen molar-refractivity contribution in [1.82, 2.24) is 9.13 Å². The van der Waals surface area contributed by atoms with Crippen molar-refractivity contribution in [2.75, 3.05) is 5.75 Å². The van der Waals surface area contributed by atoms with E-state index in [9.17, 15) is 87.6 Å². The van der Waals surface area contributed by atoms with E-state index in [0.29, 0.717) is 0 Å². The molecule has 5 nitrogen and oxygen atoms in total. The summed E-state index contributed by atoms with van der Waals surface area (Å²) in [5.41, 5.74) is 0. The molecule has 1 aromatic rings. The number of nitrogens with zero attached hydrogens (tertiary/aromatic N) is 2. The largest absolute Gasteiger partial charge is 1.00 e. The molecule has 0 aliphatic rings. The summed E-state index contributed by atoms with van der Waals surface area (Å²) >= 11 is 4.15. The van der Waals surface area contributed by atoms with Crippen molar-refractivity contribution in [1.29, 1.82) is 0 Å². The van der Waals surface area contributed by atoms with Crippen LogP contribution in [0.3, 0.4) is 0 Å². The summed E-state index contributed by atoms with van der Waals surface area (Å²) in [6.45, 7) is -0.918. The first-order valence-corrected chi connectivity index (χ1v) is 10.8. The second-order valence-electron chi connectivity index (χ2n) is 7.24. The van der Waals surface area contributed by atoms with Crippen molar-refractivity contribution in [3.8, 4) is 0 Å². The van der Waals surface area contributed by atoms with Crippen LogP contribution in [0, 0.1) is 4.77 Å². The Kier molecular flexibility index (Phi) is 11.1. The molecule has 1 aromatic heterocycles. The molecule has 0 radical (unpaired) electrons. The van der Waals surface area contributed by atoms with Gasteiger partial charge in [0.05, 0.1) is 10.1 Å². The molecule has 0 aromatic carbocycles. The number of aryl methyl sites for hydroxylation is 1. The molecule has 39 heavy (non-hydrogen) atoms. The van der Waals surface area contributed by atoms with Gasteiger partial charge in [-0.25, -0.2) is 8.42 Å². The van der Waals surface area contributed by atoms with Crippen LogP contribution in [0.2, 0.25) is 0 Å². The second kappa shape index (κ2) is 11.1. The van der Waals surface area contributed by atoms with Crippen molar-refractivity contribution in [3.05, 3.63) is 17.2 Å². The molecular formula is C14H8F17KN2O3S2. The fourth-order valence-corrected chi connectivity index (χ4v) is 3.33. The van der Waals surface area contributed by atoms with Crippen LogP contribution in [-0.4, -0.2) is 69.6 Å². The minimum absolute atomic E-state index is 0. The van der Waals surface area contributed by atoms with E-state index in [1.807, 2.05) is 0 Å². The minimum atomic E-state index is -8.75. The van der Waals surface area contributed by atoms with Gasteiger partial charge in [-0.2, -0.15) is 74.6 Å². The summed E-state index contributed by atoms with van der Waals surface area (Å²) in [6, 6.07) is -6.91. The Morgan fingerprint density at radius 1 is 0.667 bits per heavy atom. The number of rotatable bonds is 11. The zero-order valence-electron chi connectivity index (χ0n) is 18.1. The Labute approximate surface area is 252 Å².